The van der Waals surface area contributed by atoms with E-state index in [-0.39, 0.29) is 40.8 Å². The van der Waals surface area contributed by atoms with Crippen LogP contribution in [0, 0.1) is 0 Å². The average Bonchev–Trinajstić information content (AvgIpc) is 3.53. The van der Waals surface area contributed by atoms with Gasteiger partial charge in [0.05, 0.1) is 26.5 Å². The quantitative estimate of drug-likeness (QED) is 0.179. The van der Waals surface area contributed by atoms with Crippen LogP contribution in [0.25, 0.3) is 11.8 Å². The van der Waals surface area contributed by atoms with Gasteiger partial charge >= 0.3 is 17.9 Å². The zero-order valence-corrected chi connectivity index (χ0v) is 18.2. The first-order chi connectivity index (χ1) is 14.5. The van der Waals surface area contributed by atoms with E-state index in [2.05, 4.69) is 19.8 Å². The summed E-state index contributed by atoms with van der Waals surface area (Å²) in [7, 11) is 2.26. The standard InChI is InChI=1S/C16H16N3O6.C5H5.Fe/c1-4-25-14(20)11(9-10-7-5-6-8-10)19-13(16(22)24-3)12(17-18-19)15(21)23-2;1-2-4-5-3-1;/h5-9H,4H2,1-3H3;1-5H;/q2*-1;. The molecule has 0 aliphatic rings. The maximum absolute atomic E-state index is 12.3. The molecule has 0 spiro atoms. The Morgan fingerprint density at radius 1 is 1.06 bits per heavy atom. The first kappa shape index (κ1) is 25.5. The maximum Gasteiger partial charge on any atom is 0.361 e. The molecule has 1 heterocycles. The van der Waals surface area contributed by atoms with Crippen LogP contribution in [0.5, 0.6) is 0 Å². The third-order valence-electron chi connectivity index (χ3n) is 3.69. The average molecular weight is 467 g/mol. The number of esters is 3. The predicted octanol–water partition coefficient (Wildman–Crippen LogP) is 2.53. The maximum atomic E-state index is 12.3. The van der Waals surface area contributed by atoms with Gasteiger partial charge < -0.3 is 14.2 Å². The normalized spacial score (nSPS) is 10.2. The number of aromatic nitrogens is 3. The molecule has 166 valence electrons. The van der Waals surface area contributed by atoms with Gasteiger partial charge in [0.15, 0.2) is 5.69 Å². The third kappa shape index (κ3) is 6.77. The summed E-state index contributed by atoms with van der Waals surface area (Å²) in [5.41, 5.74) is -0.127. The molecule has 0 saturated carbocycles. The monoisotopic (exact) mass is 467 g/mol. The van der Waals surface area contributed by atoms with Crippen LogP contribution in [0.4, 0.5) is 0 Å². The Bertz CT molecular complexity index is 973. The van der Waals surface area contributed by atoms with Crippen molar-refractivity contribution in [3.05, 3.63) is 71.5 Å². The van der Waals surface area contributed by atoms with Crippen LogP contribution in [0.3, 0.4) is 0 Å². The van der Waals surface area contributed by atoms with E-state index in [4.69, 9.17) is 4.74 Å². The van der Waals surface area contributed by atoms with Crippen LogP contribution in [-0.2, 0) is 36.1 Å². The summed E-state index contributed by atoms with van der Waals surface area (Å²) < 4.78 is 15.2. The fourth-order valence-corrected chi connectivity index (χ4v) is 2.34. The molecule has 0 saturated heterocycles. The number of ether oxygens (including phenoxy) is 3. The molecule has 0 aliphatic heterocycles. The molecule has 0 bridgehead atoms. The van der Waals surface area contributed by atoms with Crippen molar-refractivity contribution in [3.63, 3.8) is 0 Å². The van der Waals surface area contributed by atoms with Gasteiger partial charge in [-0.2, -0.15) is 30.3 Å². The van der Waals surface area contributed by atoms with Crippen LogP contribution in [0.2, 0.25) is 0 Å². The molecule has 0 fully saturated rings. The minimum atomic E-state index is -0.900. The molecular formula is C21H21FeN3O6-2. The molecule has 1 aromatic heterocycles. The van der Waals surface area contributed by atoms with Gasteiger partial charge in [-0.3, -0.25) is 4.79 Å². The Labute approximate surface area is 189 Å². The second-order valence-corrected chi connectivity index (χ2v) is 5.61. The van der Waals surface area contributed by atoms with E-state index in [0.29, 0.717) is 5.56 Å². The molecule has 10 heteroatoms. The number of methoxy groups -OCH3 is 2. The van der Waals surface area contributed by atoms with Crippen molar-refractivity contribution in [2.24, 2.45) is 0 Å². The molecule has 2 aromatic carbocycles. The van der Waals surface area contributed by atoms with Crippen LogP contribution >= 0.6 is 0 Å². The summed E-state index contributed by atoms with van der Waals surface area (Å²) in [6, 6.07) is 17.0. The first-order valence-corrected chi connectivity index (χ1v) is 8.93. The Morgan fingerprint density at radius 2 is 1.68 bits per heavy atom. The smallest absolute Gasteiger partial charge is 0.361 e. The van der Waals surface area contributed by atoms with Crippen LogP contribution in [0.15, 0.2) is 54.6 Å². The Morgan fingerprint density at radius 3 is 2.16 bits per heavy atom. The largest absolute Gasteiger partial charge is 0.468 e. The fraction of sp³-hybridized carbons (Fsp3) is 0.190. The van der Waals surface area contributed by atoms with Crippen molar-refractivity contribution >= 4 is 29.7 Å². The van der Waals surface area contributed by atoms with Crippen molar-refractivity contribution in [2.75, 3.05) is 20.8 Å². The second kappa shape index (κ2) is 12.9. The van der Waals surface area contributed by atoms with Crippen molar-refractivity contribution in [3.8, 4) is 0 Å². The molecule has 3 aromatic rings. The molecule has 0 radical (unpaired) electrons. The van der Waals surface area contributed by atoms with Crippen molar-refractivity contribution in [2.45, 2.75) is 6.92 Å². The summed E-state index contributed by atoms with van der Waals surface area (Å²) >= 11 is 0. The summed E-state index contributed by atoms with van der Waals surface area (Å²) in [6.45, 7) is 1.75. The van der Waals surface area contributed by atoms with Gasteiger partial charge in [0.2, 0.25) is 5.69 Å². The Hall–Kier alpha value is -3.49. The van der Waals surface area contributed by atoms with Crippen LogP contribution < -0.4 is 0 Å². The molecular weight excluding hydrogens is 446 g/mol. The van der Waals surface area contributed by atoms with E-state index in [1.165, 1.54) is 6.08 Å². The van der Waals surface area contributed by atoms with Gasteiger partial charge in [0, 0.05) is 17.1 Å². The molecule has 0 aliphatic carbocycles. The number of carbonyl (C=O) groups is 3. The topological polar surface area (TPSA) is 110 Å². The zero-order valence-electron chi connectivity index (χ0n) is 17.1. The number of nitrogens with zero attached hydrogens (tertiary/aromatic N) is 3. The molecule has 0 atom stereocenters. The predicted molar refractivity (Wildman–Crippen MR) is 108 cm³/mol. The van der Waals surface area contributed by atoms with Gasteiger partial charge in [0.1, 0.15) is 0 Å². The van der Waals surface area contributed by atoms with E-state index in [1.807, 2.05) is 30.3 Å². The van der Waals surface area contributed by atoms with Gasteiger partial charge in [0.25, 0.3) is 0 Å². The Kier molecular flexibility index (Phi) is 10.7. The number of hydrogen-bond donors (Lipinski definition) is 0. The molecule has 0 N–H and O–H groups in total. The Balaban J connectivity index is 0.000000701. The summed E-state index contributed by atoms with van der Waals surface area (Å²) in [6.07, 6.45) is 1.46. The van der Waals surface area contributed by atoms with E-state index >= 15 is 0 Å². The number of carbonyl (C=O) groups excluding carboxylic acids is 3. The molecule has 3 rings (SSSR count). The van der Waals surface area contributed by atoms with Gasteiger partial charge in [-0.05, 0) is 6.92 Å². The minimum absolute atomic E-state index is 0. The molecule has 0 amide bonds. The van der Waals surface area contributed by atoms with Gasteiger partial charge in [-0.1, -0.05) is 5.21 Å². The summed E-state index contributed by atoms with van der Waals surface area (Å²) in [4.78, 5) is 36.3. The van der Waals surface area contributed by atoms with Crippen LogP contribution in [-0.4, -0.2) is 53.7 Å². The van der Waals surface area contributed by atoms with Crippen LogP contribution in [0.1, 0.15) is 33.5 Å². The van der Waals surface area contributed by atoms with Gasteiger partial charge in [-0.25, -0.2) is 26.4 Å². The minimum Gasteiger partial charge on any atom is -0.468 e. The van der Waals surface area contributed by atoms with Crippen molar-refractivity contribution in [1.82, 2.24) is 15.0 Å². The molecule has 9 nitrogen and oxygen atoms in total. The van der Waals surface area contributed by atoms with E-state index in [9.17, 15) is 14.4 Å². The first-order valence-electron chi connectivity index (χ1n) is 8.93. The van der Waals surface area contributed by atoms with Crippen molar-refractivity contribution < 1.29 is 45.7 Å². The molecule has 31 heavy (non-hydrogen) atoms. The number of rotatable bonds is 6. The molecule has 0 unspecified atom stereocenters. The van der Waals surface area contributed by atoms with E-state index < -0.39 is 17.9 Å². The second-order valence-electron chi connectivity index (χ2n) is 5.61. The summed E-state index contributed by atoms with van der Waals surface area (Å²) in [5, 5.41) is 7.37. The summed E-state index contributed by atoms with van der Waals surface area (Å²) in [5.74, 6) is -2.53. The zero-order chi connectivity index (χ0) is 21.9. The third-order valence-corrected chi connectivity index (χ3v) is 3.69. The number of hydrogen-bond acceptors (Lipinski definition) is 8. The van der Waals surface area contributed by atoms with Crippen molar-refractivity contribution in [1.29, 1.82) is 0 Å². The SMILES string of the molecule is CCOC(=O)C(=C[c-]1cccc1)n1nnc(C(=O)OC)c1C(=O)OC.[Fe].c1cc[cH-]c1. The van der Waals surface area contributed by atoms with E-state index in [1.54, 1.807) is 31.2 Å². The van der Waals surface area contributed by atoms with E-state index in [0.717, 1.165) is 18.9 Å². The fourth-order valence-electron chi connectivity index (χ4n) is 2.34. The van der Waals surface area contributed by atoms with Gasteiger partial charge in [-0.15, -0.1) is 28.9 Å².